The molecule has 2 heterocycles. The van der Waals surface area contributed by atoms with Gasteiger partial charge in [-0.25, -0.2) is 4.98 Å². The van der Waals surface area contributed by atoms with Gasteiger partial charge in [0.1, 0.15) is 5.82 Å². The molecular weight excluding hydrogens is 242 g/mol. The Morgan fingerprint density at radius 1 is 1.33 bits per heavy atom. The average molecular weight is 257 g/mol. The number of aryl methyl sites for hydroxylation is 1. The number of imidazole rings is 1. The van der Waals surface area contributed by atoms with Crippen LogP contribution in [0.4, 0.5) is 5.69 Å². The first-order valence-electron chi connectivity index (χ1n) is 5.95. The molecule has 0 saturated carbocycles. The third kappa shape index (κ3) is 1.99. The van der Waals surface area contributed by atoms with Crippen LogP contribution in [0.1, 0.15) is 18.8 Å². The monoisotopic (exact) mass is 257 g/mol. The maximum Gasteiger partial charge on any atom is 0.130 e. The van der Waals surface area contributed by atoms with Gasteiger partial charge >= 0.3 is 0 Å². The fourth-order valence-electron chi connectivity index (χ4n) is 2.17. The van der Waals surface area contributed by atoms with Crippen LogP contribution >= 0.6 is 11.3 Å². The summed E-state index contributed by atoms with van der Waals surface area (Å²) >= 11 is 1.77. The molecule has 3 aromatic rings. The van der Waals surface area contributed by atoms with Crippen LogP contribution in [-0.2, 0) is 7.05 Å². The summed E-state index contributed by atoms with van der Waals surface area (Å²) in [5.41, 5.74) is 1.14. The third-order valence-electron chi connectivity index (χ3n) is 3.08. The lowest BCUT2D eigenvalue weighted by Gasteiger charge is -2.15. The standard InChI is InChI=1S/C14H15N3S/c1-10(14-15-6-7-17(14)2)16-12-3-4-13-11(9-12)5-8-18-13/h3-10,16H,1-2H3. The van der Waals surface area contributed by atoms with Gasteiger partial charge in [-0.2, -0.15) is 0 Å². The van der Waals surface area contributed by atoms with Gasteiger partial charge in [-0.05, 0) is 42.0 Å². The molecule has 0 amide bonds. The van der Waals surface area contributed by atoms with Gasteiger partial charge in [-0.3, -0.25) is 0 Å². The van der Waals surface area contributed by atoms with E-state index in [9.17, 15) is 0 Å². The molecule has 1 aromatic carbocycles. The predicted molar refractivity (Wildman–Crippen MR) is 77.1 cm³/mol. The molecule has 1 N–H and O–H groups in total. The van der Waals surface area contributed by atoms with Crippen LogP contribution in [0.3, 0.4) is 0 Å². The second-order valence-corrected chi connectivity index (χ2v) is 5.38. The summed E-state index contributed by atoms with van der Waals surface area (Å²) in [4.78, 5) is 4.37. The van der Waals surface area contributed by atoms with E-state index in [4.69, 9.17) is 0 Å². The number of anilines is 1. The minimum Gasteiger partial charge on any atom is -0.375 e. The van der Waals surface area contributed by atoms with Crippen molar-refractivity contribution in [3.63, 3.8) is 0 Å². The van der Waals surface area contributed by atoms with Gasteiger partial charge in [0.2, 0.25) is 0 Å². The van der Waals surface area contributed by atoms with Crippen molar-refractivity contribution >= 4 is 27.1 Å². The first kappa shape index (κ1) is 11.3. The Balaban J connectivity index is 1.85. The third-order valence-corrected chi connectivity index (χ3v) is 3.98. The van der Waals surface area contributed by atoms with Crippen LogP contribution < -0.4 is 5.32 Å². The van der Waals surface area contributed by atoms with Crippen molar-refractivity contribution in [1.82, 2.24) is 9.55 Å². The highest BCUT2D eigenvalue weighted by Gasteiger charge is 2.10. The van der Waals surface area contributed by atoms with Crippen LogP contribution in [0.25, 0.3) is 10.1 Å². The molecule has 0 fully saturated rings. The summed E-state index contributed by atoms with van der Waals surface area (Å²) in [6, 6.07) is 8.81. The van der Waals surface area contributed by atoms with Crippen molar-refractivity contribution < 1.29 is 0 Å². The lowest BCUT2D eigenvalue weighted by Crippen LogP contribution is -2.11. The zero-order valence-electron chi connectivity index (χ0n) is 10.4. The van der Waals surface area contributed by atoms with E-state index in [1.807, 2.05) is 24.0 Å². The van der Waals surface area contributed by atoms with Crippen molar-refractivity contribution in [3.05, 3.63) is 47.9 Å². The number of aromatic nitrogens is 2. The summed E-state index contributed by atoms with van der Waals surface area (Å²) in [5, 5.41) is 6.90. The molecule has 4 heteroatoms. The van der Waals surface area contributed by atoms with Crippen LogP contribution in [0.5, 0.6) is 0 Å². The quantitative estimate of drug-likeness (QED) is 0.773. The zero-order valence-corrected chi connectivity index (χ0v) is 11.2. The smallest absolute Gasteiger partial charge is 0.130 e. The summed E-state index contributed by atoms with van der Waals surface area (Å²) in [6.07, 6.45) is 3.80. The lowest BCUT2D eigenvalue weighted by molar-refractivity contribution is 0.722. The van der Waals surface area contributed by atoms with Crippen molar-refractivity contribution in [3.8, 4) is 0 Å². The Morgan fingerprint density at radius 3 is 3.00 bits per heavy atom. The van der Waals surface area contributed by atoms with Crippen LogP contribution in [-0.4, -0.2) is 9.55 Å². The lowest BCUT2D eigenvalue weighted by atomic mass is 10.2. The summed E-state index contributed by atoms with van der Waals surface area (Å²) < 4.78 is 3.37. The fourth-order valence-corrected chi connectivity index (χ4v) is 2.94. The van der Waals surface area contributed by atoms with E-state index in [1.54, 1.807) is 11.3 Å². The van der Waals surface area contributed by atoms with Gasteiger partial charge in [-0.15, -0.1) is 11.3 Å². The fraction of sp³-hybridized carbons (Fsp3) is 0.214. The Morgan fingerprint density at radius 2 is 2.22 bits per heavy atom. The number of fused-ring (bicyclic) bond motifs is 1. The second kappa shape index (κ2) is 4.46. The van der Waals surface area contributed by atoms with E-state index in [0.717, 1.165) is 11.5 Å². The highest BCUT2D eigenvalue weighted by atomic mass is 32.1. The number of nitrogens with zero attached hydrogens (tertiary/aromatic N) is 2. The van der Waals surface area contributed by atoms with E-state index in [2.05, 4.69) is 46.9 Å². The molecule has 0 aliphatic heterocycles. The van der Waals surface area contributed by atoms with Crippen molar-refractivity contribution in [2.45, 2.75) is 13.0 Å². The molecule has 0 radical (unpaired) electrons. The number of benzene rings is 1. The van der Waals surface area contributed by atoms with E-state index in [0.29, 0.717) is 0 Å². The van der Waals surface area contributed by atoms with Crippen molar-refractivity contribution in [2.24, 2.45) is 7.05 Å². The summed E-state index contributed by atoms with van der Waals surface area (Å²) in [6.45, 7) is 2.13. The molecule has 0 aliphatic rings. The van der Waals surface area contributed by atoms with Gasteiger partial charge < -0.3 is 9.88 Å². The topological polar surface area (TPSA) is 29.9 Å². The minimum absolute atomic E-state index is 0.195. The number of thiophene rings is 1. The zero-order chi connectivity index (χ0) is 12.5. The molecule has 0 bridgehead atoms. The highest BCUT2D eigenvalue weighted by molar-refractivity contribution is 7.17. The second-order valence-electron chi connectivity index (χ2n) is 4.44. The average Bonchev–Trinajstić information content (AvgIpc) is 2.96. The van der Waals surface area contributed by atoms with E-state index in [1.165, 1.54) is 10.1 Å². The molecule has 1 unspecified atom stereocenters. The predicted octanol–water partition coefficient (Wildman–Crippen LogP) is 3.81. The molecule has 18 heavy (non-hydrogen) atoms. The molecule has 1 atom stereocenters. The Labute approximate surface area is 110 Å². The SMILES string of the molecule is CC(Nc1ccc2sccc2c1)c1nccn1C. The maximum absolute atomic E-state index is 4.37. The molecule has 0 aliphatic carbocycles. The minimum atomic E-state index is 0.195. The number of hydrogen-bond acceptors (Lipinski definition) is 3. The largest absolute Gasteiger partial charge is 0.375 e. The van der Waals surface area contributed by atoms with Gasteiger partial charge in [0, 0.05) is 29.8 Å². The van der Waals surface area contributed by atoms with Crippen molar-refractivity contribution in [1.29, 1.82) is 0 Å². The van der Waals surface area contributed by atoms with Gasteiger partial charge in [0.25, 0.3) is 0 Å². The normalized spacial score (nSPS) is 12.8. The van der Waals surface area contributed by atoms with Gasteiger partial charge in [-0.1, -0.05) is 0 Å². The summed E-state index contributed by atoms with van der Waals surface area (Å²) in [7, 11) is 2.02. The molecular formula is C14H15N3S. The Bertz CT molecular complexity index is 668. The van der Waals surface area contributed by atoms with E-state index >= 15 is 0 Å². The highest BCUT2D eigenvalue weighted by Crippen LogP contribution is 2.26. The Kier molecular flexibility index (Phi) is 2.80. The molecule has 2 aromatic heterocycles. The molecule has 3 rings (SSSR count). The van der Waals surface area contributed by atoms with Gasteiger partial charge in [0.15, 0.2) is 0 Å². The van der Waals surface area contributed by atoms with Crippen LogP contribution in [0.2, 0.25) is 0 Å². The van der Waals surface area contributed by atoms with Crippen LogP contribution in [0.15, 0.2) is 42.0 Å². The first-order chi connectivity index (χ1) is 8.74. The first-order valence-corrected chi connectivity index (χ1v) is 6.83. The molecule has 92 valence electrons. The van der Waals surface area contributed by atoms with Crippen molar-refractivity contribution in [2.75, 3.05) is 5.32 Å². The van der Waals surface area contributed by atoms with Crippen LogP contribution in [0, 0.1) is 0 Å². The number of hydrogen-bond donors (Lipinski definition) is 1. The number of nitrogens with one attached hydrogen (secondary N) is 1. The Hall–Kier alpha value is -1.81. The molecule has 0 spiro atoms. The van der Waals surface area contributed by atoms with Gasteiger partial charge in [0.05, 0.1) is 6.04 Å². The van der Waals surface area contributed by atoms with E-state index in [-0.39, 0.29) is 6.04 Å². The summed E-state index contributed by atoms with van der Waals surface area (Å²) in [5.74, 6) is 1.04. The van der Waals surface area contributed by atoms with E-state index < -0.39 is 0 Å². The maximum atomic E-state index is 4.37. The molecule has 3 nitrogen and oxygen atoms in total. The molecule has 0 saturated heterocycles. The number of rotatable bonds is 3.